The Morgan fingerprint density at radius 1 is 1.44 bits per heavy atom. The highest BCUT2D eigenvalue weighted by Gasteiger charge is 2.32. The molecule has 4 nitrogen and oxygen atoms in total. The molecule has 0 aliphatic carbocycles. The summed E-state index contributed by atoms with van der Waals surface area (Å²) in [6, 6.07) is 5.80. The molecule has 1 rings (SSSR count). The predicted molar refractivity (Wildman–Crippen MR) is 71.2 cm³/mol. The van der Waals surface area contributed by atoms with E-state index in [4.69, 9.17) is 0 Å². The summed E-state index contributed by atoms with van der Waals surface area (Å²) < 4.78 is 0. The summed E-state index contributed by atoms with van der Waals surface area (Å²) in [6.07, 6.45) is 2.39. The molecule has 1 aromatic heterocycles. The van der Waals surface area contributed by atoms with Crippen LogP contribution in [0.4, 0.5) is 0 Å². The topological polar surface area (TPSA) is 53.4 Å². The number of hydrogen-bond acceptors (Lipinski definition) is 3. The standard InChI is InChI=1S/C14H22N2O2/c1-4-14(3,13(17)18)11-16(5-2)10-12-8-6-7-9-15-12/h6-9H,4-5,10-11H2,1-3H3,(H,17,18). The number of aromatic nitrogens is 1. The lowest BCUT2D eigenvalue weighted by molar-refractivity contribution is -0.149. The third-order valence-electron chi connectivity index (χ3n) is 3.43. The van der Waals surface area contributed by atoms with E-state index in [1.807, 2.05) is 32.0 Å². The summed E-state index contributed by atoms with van der Waals surface area (Å²) in [4.78, 5) is 17.7. The van der Waals surface area contributed by atoms with E-state index >= 15 is 0 Å². The maximum atomic E-state index is 11.3. The van der Waals surface area contributed by atoms with Crippen LogP contribution in [0.5, 0.6) is 0 Å². The zero-order valence-corrected chi connectivity index (χ0v) is 11.4. The molecule has 1 unspecified atom stereocenters. The van der Waals surface area contributed by atoms with Crippen LogP contribution in [0.1, 0.15) is 32.9 Å². The number of aliphatic carboxylic acids is 1. The number of carboxylic acids is 1. The second-order valence-electron chi connectivity index (χ2n) is 4.84. The Kier molecular flexibility index (Phi) is 5.28. The summed E-state index contributed by atoms with van der Waals surface area (Å²) >= 11 is 0. The molecule has 4 heteroatoms. The molecule has 0 aliphatic rings. The minimum absolute atomic E-state index is 0.548. The third-order valence-corrected chi connectivity index (χ3v) is 3.43. The smallest absolute Gasteiger partial charge is 0.310 e. The van der Waals surface area contributed by atoms with Gasteiger partial charge in [-0.05, 0) is 32.0 Å². The van der Waals surface area contributed by atoms with Crippen molar-refractivity contribution in [2.45, 2.75) is 33.7 Å². The van der Waals surface area contributed by atoms with Crippen LogP contribution in [-0.4, -0.2) is 34.0 Å². The molecule has 0 amide bonds. The normalized spacial score (nSPS) is 14.4. The average Bonchev–Trinajstić information content (AvgIpc) is 2.38. The second kappa shape index (κ2) is 6.50. The predicted octanol–water partition coefficient (Wildman–Crippen LogP) is 2.40. The molecule has 0 spiro atoms. The van der Waals surface area contributed by atoms with Crippen molar-refractivity contribution >= 4 is 5.97 Å². The Hall–Kier alpha value is -1.42. The largest absolute Gasteiger partial charge is 0.481 e. The molecule has 1 heterocycles. The first kappa shape index (κ1) is 14.6. The van der Waals surface area contributed by atoms with Gasteiger partial charge in [-0.1, -0.05) is 19.9 Å². The molecular weight excluding hydrogens is 228 g/mol. The molecule has 100 valence electrons. The summed E-state index contributed by atoms with van der Waals surface area (Å²) in [5.41, 5.74) is 0.285. The fourth-order valence-electron chi connectivity index (χ4n) is 1.82. The summed E-state index contributed by atoms with van der Waals surface area (Å²) in [6.45, 7) is 7.82. The number of pyridine rings is 1. The van der Waals surface area contributed by atoms with Crippen LogP contribution < -0.4 is 0 Å². The average molecular weight is 250 g/mol. The molecule has 1 atom stereocenters. The van der Waals surface area contributed by atoms with E-state index in [2.05, 4.69) is 9.88 Å². The van der Waals surface area contributed by atoms with Crippen LogP contribution in [0.3, 0.4) is 0 Å². The van der Waals surface area contributed by atoms with Crippen molar-refractivity contribution in [1.29, 1.82) is 0 Å². The highest BCUT2D eigenvalue weighted by atomic mass is 16.4. The van der Waals surface area contributed by atoms with Gasteiger partial charge in [-0.25, -0.2) is 0 Å². The summed E-state index contributed by atoms with van der Waals surface area (Å²) in [5, 5.41) is 9.30. The van der Waals surface area contributed by atoms with Gasteiger partial charge in [-0.2, -0.15) is 0 Å². The van der Waals surface area contributed by atoms with E-state index in [0.29, 0.717) is 19.5 Å². The zero-order valence-electron chi connectivity index (χ0n) is 11.4. The SMILES string of the molecule is CCN(Cc1ccccn1)CC(C)(CC)C(=O)O. The van der Waals surface area contributed by atoms with Crippen molar-refractivity contribution < 1.29 is 9.90 Å². The molecule has 0 radical (unpaired) electrons. The van der Waals surface area contributed by atoms with E-state index in [9.17, 15) is 9.90 Å². The number of carboxylic acid groups (broad SMARTS) is 1. The van der Waals surface area contributed by atoms with Gasteiger partial charge in [0.05, 0.1) is 11.1 Å². The minimum atomic E-state index is -0.732. The van der Waals surface area contributed by atoms with Gasteiger partial charge >= 0.3 is 5.97 Å². The van der Waals surface area contributed by atoms with E-state index in [0.717, 1.165) is 12.2 Å². The molecule has 18 heavy (non-hydrogen) atoms. The maximum Gasteiger partial charge on any atom is 0.310 e. The first-order valence-corrected chi connectivity index (χ1v) is 6.37. The van der Waals surface area contributed by atoms with Gasteiger partial charge in [-0.3, -0.25) is 14.7 Å². The number of rotatable bonds is 7. The fraction of sp³-hybridized carbons (Fsp3) is 0.571. The Balaban J connectivity index is 2.70. The van der Waals surface area contributed by atoms with Crippen molar-refractivity contribution in [3.63, 3.8) is 0 Å². The van der Waals surface area contributed by atoms with Gasteiger partial charge in [0, 0.05) is 19.3 Å². The molecular formula is C14H22N2O2. The van der Waals surface area contributed by atoms with Crippen molar-refractivity contribution in [2.24, 2.45) is 5.41 Å². The van der Waals surface area contributed by atoms with Crippen molar-refractivity contribution in [1.82, 2.24) is 9.88 Å². The highest BCUT2D eigenvalue weighted by Crippen LogP contribution is 2.23. The molecule has 1 aromatic rings. The van der Waals surface area contributed by atoms with Crippen LogP contribution in [-0.2, 0) is 11.3 Å². The molecule has 0 fully saturated rings. The van der Waals surface area contributed by atoms with Crippen molar-refractivity contribution in [3.8, 4) is 0 Å². The first-order chi connectivity index (χ1) is 8.51. The summed E-state index contributed by atoms with van der Waals surface area (Å²) in [7, 11) is 0. The molecule has 0 aliphatic heterocycles. The van der Waals surface area contributed by atoms with E-state index in [-0.39, 0.29) is 0 Å². The molecule has 0 saturated carbocycles. The number of nitrogens with zero attached hydrogens (tertiary/aromatic N) is 2. The van der Waals surface area contributed by atoms with Gasteiger partial charge in [0.25, 0.3) is 0 Å². The monoisotopic (exact) mass is 250 g/mol. The van der Waals surface area contributed by atoms with Gasteiger partial charge in [-0.15, -0.1) is 0 Å². The van der Waals surface area contributed by atoms with Gasteiger partial charge in [0.2, 0.25) is 0 Å². The third kappa shape index (κ3) is 3.81. The first-order valence-electron chi connectivity index (χ1n) is 6.37. The maximum absolute atomic E-state index is 11.3. The zero-order chi connectivity index (χ0) is 13.6. The molecule has 0 saturated heterocycles. The number of carbonyl (C=O) groups is 1. The molecule has 0 bridgehead atoms. The van der Waals surface area contributed by atoms with Crippen LogP contribution in [0.2, 0.25) is 0 Å². The Labute approximate surface area is 109 Å². The Morgan fingerprint density at radius 3 is 2.61 bits per heavy atom. The molecule has 1 N–H and O–H groups in total. The lowest BCUT2D eigenvalue weighted by Gasteiger charge is -2.30. The van der Waals surface area contributed by atoms with Crippen LogP contribution in [0.15, 0.2) is 24.4 Å². The number of hydrogen-bond donors (Lipinski definition) is 1. The van der Waals surface area contributed by atoms with E-state index in [1.54, 1.807) is 13.1 Å². The lowest BCUT2D eigenvalue weighted by Crippen LogP contribution is -2.40. The minimum Gasteiger partial charge on any atom is -0.481 e. The Bertz CT molecular complexity index is 381. The Morgan fingerprint density at radius 2 is 2.17 bits per heavy atom. The fourth-order valence-corrected chi connectivity index (χ4v) is 1.82. The van der Waals surface area contributed by atoms with Crippen molar-refractivity contribution in [3.05, 3.63) is 30.1 Å². The van der Waals surface area contributed by atoms with Gasteiger partial charge in [0.15, 0.2) is 0 Å². The van der Waals surface area contributed by atoms with Crippen LogP contribution >= 0.6 is 0 Å². The lowest BCUT2D eigenvalue weighted by atomic mass is 9.87. The molecule has 0 aromatic carbocycles. The van der Waals surface area contributed by atoms with Gasteiger partial charge < -0.3 is 5.11 Å². The van der Waals surface area contributed by atoms with Crippen LogP contribution in [0.25, 0.3) is 0 Å². The van der Waals surface area contributed by atoms with Gasteiger partial charge in [0.1, 0.15) is 0 Å². The van der Waals surface area contributed by atoms with E-state index < -0.39 is 11.4 Å². The van der Waals surface area contributed by atoms with E-state index in [1.165, 1.54) is 0 Å². The van der Waals surface area contributed by atoms with Crippen LogP contribution in [0, 0.1) is 5.41 Å². The van der Waals surface area contributed by atoms with Crippen molar-refractivity contribution in [2.75, 3.05) is 13.1 Å². The highest BCUT2D eigenvalue weighted by molar-refractivity contribution is 5.74. The summed E-state index contributed by atoms with van der Waals surface area (Å²) in [5.74, 6) is -0.732. The quantitative estimate of drug-likeness (QED) is 0.807. The second-order valence-corrected chi connectivity index (χ2v) is 4.84.